The summed E-state index contributed by atoms with van der Waals surface area (Å²) in [6, 6.07) is 13.7. The molecule has 4 N–H and O–H groups in total. The average Bonchev–Trinajstić information content (AvgIpc) is 2.60. The molecule has 0 bridgehead atoms. The zero-order valence-corrected chi connectivity index (χ0v) is 15.6. The van der Waals surface area contributed by atoms with Crippen molar-refractivity contribution in [1.29, 1.82) is 0 Å². The van der Waals surface area contributed by atoms with Crippen LogP contribution < -0.4 is 21.3 Å². The molecule has 7 nitrogen and oxygen atoms in total. The van der Waals surface area contributed by atoms with E-state index in [0.717, 1.165) is 5.56 Å². The minimum absolute atomic E-state index is 0.104. The molecule has 0 radical (unpaired) electrons. The Hall–Kier alpha value is -3.35. The first-order valence-corrected chi connectivity index (χ1v) is 8.66. The molecular formula is C20H24N4O3. The summed E-state index contributed by atoms with van der Waals surface area (Å²) in [4.78, 5) is 35.6. The third kappa shape index (κ3) is 6.81. The number of rotatable bonds is 6. The van der Waals surface area contributed by atoms with E-state index in [9.17, 15) is 14.4 Å². The number of amides is 4. The maximum atomic E-state index is 12.0. The molecule has 0 fully saturated rings. The third-order valence-electron chi connectivity index (χ3n) is 3.62. The lowest BCUT2D eigenvalue weighted by Crippen LogP contribution is -2.35. The van der Waals surface area contributed by atoms with Gasteiger partial charge in [0, 0.05) is 23.0 Å². The van der Waals surface area contributed by atoms with Crippen molar-refractivity contribution in [2.24, 2.45) is 5.92 Å². The van der Waals surface area contributed by atoms with E-state index in [0.29, 0.717) is 17.1 Å². The van der Waals surface area contributed by atoms with Crippen LogP contribution >= 0.6 is 0 Å². The van der Waals surface area contributed by atoms with Crippen molar-refractivity contribution in [2.75, 3.05) is 22.5 Å². The maximum absolute atomic E-state index is 12.0. The summed E-state index contributed by atoms with van der Waals surface area (Å²) in [6.07, 6.45) is 0. The Balaban J connectivity index is 1.83. The predicted octanol–water partition coefficient (Wildman–Crippen LogP) is 3.35. The van der Waals surface area contributed by atoms with Gasteiger partial charge in [0.25, 0.3) is 0 Å². The second-order valence-corrected chi connectivity index (χ2v) is 6.45. The van der Waals surface area contributed by atoms with Crippen LogP contribution in [0.5, 0.6) is 0 Å². The predicted molar refractivity (Wildman–Crippen MR) is 107 cm³/mol. The highest BCUT2D eigenvalue weighted by Crippen LogP contribution is 2.16. The highest BCUT2D eigenvalue weighted by molar-refractivity contribution is 5.98. The Morgan fingerprint density at radius 3 is 2.07 bits per heavy atom. The highest BCUT2D eigenvalue weighted by atomic mass is 16.2. The number of carbonyl (C=O) groups is 3. The van der Waals surface area contributed by atoms with Gasteiger partial charge in [-0.1, -0.05) is 32.0 Å². The molecule has 0 saturated heterocycles. The monoisotopic (exact) mass is 368 g/mol. The molecule has 2 aromatic carbocycles. The Labute approximate surface area is 158 Å². The van der Waals surface area contributed by atoms with Crippen molar-refractivity contribution in [3.05, 3.63) is 54.1 Å². The lowest BCUT2D eigenvalue weighted by atomic mass is 10.2. The molecule has 0 aliphatic heterocycles. The number of hydrogen-bond acceptors (Lipinski definition) is 3. The number of hydrogen-bond donors (Lipinski definition) is 4. The number of benzene rings is 2. The Morgan fingerprint density at radius 1 is 0.852 bits per heavy atom. The fourth-order valence-electron chi connectivity index (χ4n) is 2.23. The van der Waals surface area contributed by atoms with Crippen LogP contribution in [0.1, 0.15) is 19.4 Å². The van der Waals surface area contributed by atoms with Crippen LogP contribution in [0, 0.1) is 12.8 Å². The molecule has 7 heteroatoms. The Kier molecular flexibility index (Phi) is 6.93. The smallest absolute Gasteiger partial charge is 0.319 e. The second kappa shape index (κ2) is 9.38. The van der Waals surface area contributed by atoms with E-state index < -0.39 is 6.03 Å². The number of nitrogens with one attached hydrogen (secondary N) is 4. The van der Waals surface area contributed by atoms with Crippen molar-refractivity contribution in [1.82, 2.24) is 5.32 Å². The number of anilines is 3. The van der Waals surface area contributed by atoms with Crippen molar-refractivity contribution in [3.63, 3.8) is 0 Å². The molecule has 2 aromatic rings. The molecular weight excluding hydrogens is 344 g/mol. The lowest BCUT2D eigenvalue weighted by Gasteiger charge is -2.11. The molecule has 4 amide bonds. The first-order chi connectivity index (χ1) is 12.8. The topological polar surface area (TPSA) is 99.3 Å². The third-order valence-corrected chi connectivity index (χ3v) is 3.62. The van der Waals surface area contributed by atoms with Crippen LogP contribution in [-0.2, 0) is 9.59 Å². The summed E-state index contributed by atoms with van der Waals surface area (Å²) in [5.74, 6) is -0.617. The fourth-order valence-corrected chi connectivity index (χ4v) is 2.23. The molecule has 0 aliphatic rings. The average molecular weight is 368 g/mol. The van der Waals surface area contributed by atoms with E-state index >= 15 is 0 Å². The standard InChI is InChI=1S/C20H24N4O3/c1-13(2)19(26)23-17-9-5-8-16(11-17)22-18(25)12-21-20(27)24-15-7-4-6-14(3)10-15/h4-11,13H,12H2,1-3H3,(H,22,25)(H,23,26)(H2,21,24,27). The minimum Gasteiger partial charge on any atom is -0.329 e. The van der Waals surface area contributed by atoms with Gasteiger partial charge in [-0.3, -0.25) is 9.59 Å². The van der Waals surface area contributed by atoms with Crippen molar-refractivity contribution in [2.45, 2.75) is 20.8 Å². The molecule has 0 aromatic heterocycles. The second-order valence-electron chi connectivity index (χ2n) is 6.45. The van der Waals surface area contributed by atoms with Gasteiger partial charge in [0.05, 0.1) is 6.54 Å². The summed E-state index contributed by atoms with van der Waals surface area (Å²) in [7, 11) is 0. The van der Waals surface area contributed by atoms with Gasteiger partial charge >= 0.3 is 6.03 Å². The van der Waals surface area contributed by atoms with Crippen molar-refractivity contribution < 1.29 is 14.4 Å². The molecule has 0 atom stereocenters. The first kappa shape index (κ1) is 20.0. The van der Waals surface area contributed by atoms with E-state index in [4.69, 9.17) is 0 Å². The van der Waals surface area contributed by atoms with E-state index in [1.807, 2.05) is 25.1 Å². The van der Waals surface area contributed by atoms with Crippen molar-refractivity contribution in [3.8, 4) is 0 Å². The fraction of sp³-hybridized carbons (Fsp3) is 0.250. The van der Waals surface area contributed by atoms with Crippen LogP contribution in [0.15, 0.2) is 48.5 Å². The largest absolute Gasteiger partial charge is 0.329 e. The van der Waals surface area contributed by atoms with Crippen LogP contribution in [0.25, 0.3) is 0 Å². The summed E-state index contributed by atoms with van der Waals surface area (Å²) in [5, 5.41) is 10.6. The van der Waals surface area contributed by atoms with Gasteiger partial charge in [0.15, 0.2) is 0 Å². The van der Waals surface area contributed by atoms with Gasteiger partial charge in [-0.2, -0.15) is 0 Å². The van der Waals surface area contributed by atoms with Crippen LogP contribution in [0.3, 0.4) is 0 Å². The molecule has 142 valence electrons. The summed E-state index contributed by atoms with van der Waals surface area (Å²) < 4.78 is 0. The van der Waals surface area contributed by atoms with Gasteiger partial charge in [-0.25, -0.2) is 4.79 Å². The van der Waals surface area contributed by atoms with E-state index in [1.54, 1.807) is 44.2 Å². The Bertz CT molecular complexity index is 833. The quantitative estimate of drug-likeness (QED) is 0.629. The molecule has 0 saturated carbocycles. The van der Waals surface area contributed by atoms with Gasteiger partial charge in [0.2, 0.25) is 11.8 Å². The minimum atomic E-state index is -0.464. The maximum Gasteiger partial charge on any atom is 0.319 e. The molecule has 27 heavy (non-hydrogen) atoms. The van der Waals surface area contributed by atoms with Crippen LogP contribution in [0.4, 0.5) is 21.9 Å². The number of urea groups is 1. The first-order valence-electron chi connectivity index (χ1n) is 8.66. The van der Waals surface area contributed by atoms with Crippen LogP contribution in [0.2, 0.25) is 0 Å². The number of carbonyl (C=O) groups excluding carboxylic acids is 3. The van der Waals surface area contributed by atoms with Gasteiger partial charge in [-0.05, 0) is 42.8 Å². The van der Waals surface area contributed by atoms with Gasteiger partial charge in [-0.15, -0.1) is 0 Å². The molecule has 0 spiro atoms. The van der Waals surface area contributed by atoms with Gasteiger partial charge < -0.3 is 21.3 Å². The SMILES string of the molecule is Cc1cccc(NC(=O)NCC(=O)Nc2cccc(NC(=O)C(C)C)c2)c1. The lowest BCUT2D eigenvalue weighted by molar-refractivity contribution is -0.119. The van der Waals surface area contributed by atoms with Crippen molar-refractivity contribution >= 4 is 34.9 Å². The number of aryl methyl sites for hydroxylation is 1. The van der Waals surface area contributed by atoms with E-state index in [2.05, 4.69) is 21.3 Å². The van der Waals surface area contributed by atoms with Crippen LogP contribution in [-0.4, -0.2) is 24.4 Å². The van der Waals surface area contributed by atoms with Gasteiger partial charge in [0.1, 0.15) is 0 Å². The molecule has 2 rings (SSSR count). The summed E-state index contributed by atoms with van der Waals surface area (Å²) in [6.45, 7) is 5.34. The molecule has 0 unspecified atom stereocenters. The molecule has 0 aliphatic carbocycles. The summed E-state index contributed by atoms with van der Waals surface area (Å²) >= 11 is 0. The highest BCUT2D eigenvalue weighted by Gasteiger charge is 2.09. The normalized spacial score (nSPS) is 10.2. The van der Waals surface area contributed by atoms with E-state index in [1.165, 1.54) is 0 Å². The molecule has 0 heterocycles. The Morgan fingerprint density at radius 2 is 1.44 bits per heavy atom. The zero-order chi connectivity index (χ0) is 19.8. The summed E-state index contributed by atoms with van der Waals surface area (Å²) in [5.41, 5.74) is 2.80. The van der Waals surface area contributed by atoms with E-state index in [-0.39, 0.29) is 24.3 Å². The zero-order valence-electron chi connectivity index (χ0n) is 15.6.